The molecule has 3 aromatic rings. The van der Waals surface area contributed by atoms with Crippen molar-refractivity contribution in [2.75, 3.05) is 31.1 Å². The van der Waals surface area contributed by atoms with Crippen molar-refractivity contribution in [1.82, 2.24) is 9.47 Å². The van der Waals surface area contributed by atoms with Gasteiger partial charge in [-0.25, -0.2) is 8.78 Å². The van der Waals surface area contributed by atoms with Crippen molar-refractivity contribution < 1.29 is 13.9 Å². The van der Waals surface area contributed by atoms with Crippen LogP contribution in [0, 0.1) is 18.6 Å². The van der Waals surface area contributed by atoms with E-state index in [0.717, 1.165) is 5.69 Å². The Bertz CT molecular complexity index is 1150. The maximum Gasteiger partial charge on any atom is 0.259 e. The lowest BCUT2D eigenvalue weighted by Crippen LogP contribution is -2.49. The standard InChI is InChI=1S/C25H27F2N3O2/c1-3-30-17(2)15-22(31)23(25(30)32)24(18-5-4-6-20(27)16-18)29-13-11-28(12-14-29)21-9-7-19(26)8-10-21/h4-10,15-16,24,31H,3,11-14H2,1-2H3. The lowest BCUT2D eigenvalue weighted by atomic mass is 9.95. The van der Waals surface area contributed by atoms with Gasteiger partial charge in [-0.3, -0.25) is 9.69 Å². The third-order valence-electron chi connectivity index (χ3n) is 6.15. The summed E-state index contributed by atoms with van der Waals surface area (Å²) in [6.07, 6.45) is 0. The molecule has 7 heteroatoms. The van der Waals surface area contributed by atoms with Gasteiger partial charge in [-0.15, -0.1) is 0 Å². The summed E-state index contributed by atoms with van der Waals surface area (Å²) in [6.45, 7) is 6.65. The number of benzene rings is 2. The van der Waals surface area contributed by atoms with Gasteiger partial charge in [0, 0.05) is 44.1 Å². The first kappa shape index (κ1) is 22.0. The van der Waals surface area contributed by atoms with E-state index in [2.05, 4.69) is 9.80 Å². The molecule has 168 valence electrons. The molecular weight excluding hydrogens is 412 g/mol. The van der Waals surface area contributed by atoms with Crippen molar-refractivity contribution in [3.8, 4) is 5.75 Å². The number of aromatic nitrogens is 1. The van der Waals surface area contributed by atoms with E-state index in [-0.39, 0.29) is 28.5 Å². The van der Waals surface area contributed by atoms with Crippen molar-refractivity contribution in [3.05, 3.63) is 93.4 Å². The lowest BCUT2D eigenvalue weighted by molar-refractivity contribution is 0.207. The summed E-state index contributed by atoms with van der Waals surface area (Å²) in [5, 5.41) is 10.8. The Morgan fingerprint density at radius 1 is 0.969 bits per heavy atom. The van der Waals surface area contributed by atoms with Crippen molar-refractivity contribution in [3.63, 3.8) is 0 Å². The van der Waals surface area contributed by atoms with Crippen LogP contribution in [0.4, 0.5) is 14.5 Å². The van der Waals surface area contributed by atoms with Crippen LogP contribution in [0.25, 0.3) is 0 Å². The van der Waals surface area contributed by atoms with Gasteiger partial charge < -0.3 is 14.6 Å². The number of hydrogen-bond donors (Lipinski definition) is 1. The molecule has 0 saturated carbocycles. The van der Waals surface area contributed by atoms with Gasteiger partial charge in [-0.1, -0.05) is 12.1 Å². The molecule has 1 aliphatic heterocycles. The molecule has 1 atom stereocenters. The molecule has 1 aliphatic rings. The molecule has 2 heterocycles. The number of rotatable bonds is 5. The van der Waals surface area contributed by atoms with E-state index in [1.54, 1.807) is 41.8 Å². The highest BCUT2D eigenvalue weighted by Gasteiger charge is 2.31. The molecule has 0 bridgehead atoms. The Morgan fingerprint density at radius 2 is 1.66 bits per heavy atom. The number of piperazine rings is 1. The van der Waals surface area contributed by atoms with Crippen LogP contribution in [0.5, 0.6) is 5.75 Å². The Kier molecular flexibility index (Phi) is 6.28. The molecule has 5 nitrogen and oxygen atoms in total. The molecule has 1 N–H and O–H groups in total. The third kappa shape index (κ3) is 4.25. The highest BCUT2D eigenvalue weighted by Crippen LogP contribution is 2.34. The molecule has 1 fully saturated rings. The number of pyridine rings is 1. The van der Waals surface area contributed by atoms with E-state index in [1.165, 1.54) is 24.3 Å². The Labute approximate surface area is 186 Å². The molecule has 2 aromatic carbocycles. The van der Waals surface area contributed by atoms with Gasteiger partial charge in [0.2, 0.25) is 0 Å². The van der Waals surface area contributed by atoms with Gasteiger partial charge in [-0.2, -0.15) is 0 Å². The van der Waals surface area contributed by atoms with Crippen LogP contribution in [-0.2, 0) is 6.54 Å². The highest BCUT2D eigenvalue weighted by atomic mass is 19.1. The fourth-order valence-electron chi connectivity index (χ4n) is 4.55. The fraction of sp³-hybridized carbons (Fsp3) is 0.320. The second-order valence-corrected chi connectivity index (χ2v) is 8.09. The van der Waals surface area contributed by atoms with Gasteiger partial charge >= 0.3 is 0 Å². The van der Waals surface area contributed by atoms with Crippen LogP contribution in [-0.4, -0.2) is 40.8 Å². The quantitative estimate of drug-likeness (QED) is 0.651. The average molecular weight is 440 g/mol. The average Bonchev–Trinajstić information content (AvgIpc) is 2.77. The molecule has 32 heavy (non-hydrogen) atoms. The largest absolute Gasteiger partial charge is 0.507 e. The monoisotopic (exact) mass is 439 g/mol. The number of aryl methyl sites for hydroxylation is 1. The SMILES string of the molecule is CCn1c(C)cc(O)c(C(c2cccc(F)c2)N2CCN(c3ccc(F)cc3)CC2)c1=O. The molecule has 0 aliphatic carbocycles. The maximum atomic E-state index is 14.1. The summed E-state index contributed by atoms with van der Waals surface area (Å²) in [4.78, 5) is 17.6. The van der Waals surface area contributed by atoms with Crippen molar-refractivity contribution in [1.29, 1.82) is 0 Å². The van der Waals surface area contributed by atoms with Crippen LogP contribution in [0.15, 0.2) is 59.4 Å². The minimum atomic E-state index is -0.577. The number of hydrogen-bond acceptors (Lipinski definition) is 4. The first-order valence-electron chi connectivity index (χ1n) is 10.8. The van der Waals surface area contributed by atoms with Crippen molar-refractivity contribution >= 4 is 5.69 Å². The van der Waals surface area contributed by atoms with E-state index in [1.807, 2.05) is 6.92 Å². The summed E-state index contributed by atoms with van der Waals surface area (Å²) >= 11 is 0. The topological polar surface area (TPSA) is 48.7 Å². The van der Waals surface area contributed by atoms with Gasteiger partial charge in [0.1, 0.15) is 17.4 Å². The second-order valence-electron chi connectivity index (χ2n) is 8.09. The second kappa shape index (κ2) is 9.12. The first-order valence-corrected chi connectivity index (χ1v) is 10.8. The van der Waals surface area contributed by atoms with E-state index in [9.17, 15) is 18.7 Å². The van der Waals surface area contributed by atoms with Crippen molar-refractivity contribution in [2.45, 2.75) is 26.4 Å². The number of halogens is 2. The maximum absolute atomic E-state index is 14.1. The van der Waals surface area contributed by atoms with Gasteiger partial charge in [-0.05, 0) is 61.9 Å². The smallest absolute Gasteiger partial charge is 0.259 e. The minimum Gasteiger partial charge on any atom is -0.507 e. The van der Waals surface area contributed by atoms with Gasteiger partial charge in [0.05, 0.1) is 11.6 Å². The van der Waals surface area contributed by atoms with E-state index < -0.39 is 6.04 Å². The predicted molar refractivity (Wildman–Crippen MR) is 121 cm³/mol. The highest BCUT2D eigenvalue weighted by molar-refractivity contribution is 5.47. The normalized spacial score (nSPS) is 15.7. The zero-order chi connectivity index (χ0) is 22.8. The minimum absolute atomic E-state index is 0.0765. The lowest BCUT2D eigenvalue weighted by Gasteiger charge is -2.40. The predicted octanol–water partition coefficient (Wildman–Crippen LogP) is 4.07. The first-order chi connectivity index (χ1) is 15.4. The molecule has 0 radical (unpaired) electrons. The van der Waals surface area contributed by atoms with Crippen LogP contribution in [0.1, 0.15) is 29.8 Å². The van der Waals surface area contributed by atoms with Crippen LogP contribution in [0.2, 0.25) is 0 Å². The fourth-order valence-corrected chi connectivity index (χ4v) is 4.55. The van der Waals surface area contributed by atoms with E-state index >= 15 is 0 Å². The molecular formula is C25H27F2N3O2. The molecule has 1 unspecified atom stereocenters. The summed E-state index contributed by atoms with van der Waals surface area (Å²) in [6, 6.07) is 13.6. The van der Waals surface area contributed by atoms with E-state index in [0.29, 0.717) is 44.0 Å². The van der Waals surface area contributed by atoms with E-state index in [4.69, 9.17) is 0 Å². The Morgan fingerprint density at radius 3 is 2.28 bits per heavy atom. The molecule has 1 aromatic heterocycles. The molecule has 1 saturated heterocycles. The number of aromatic hydroxyl groups is 1. The molecule has 0 amide bonds. The van der Waals surface area contributed by atoms with Crippen LogP contribution >= 0.6 is 0 Å². The third-order valence-corrected chi connectivity index (χ3v) is 6.15. The van der Waals surface area contributed by atoms with Gasteiger partial charge in [0.15, 0.2) is 0 Å². The zero-order valence-corrected chi connectivity index (χ0v) is 18.3. The van der Waals surface area contributed by atoms with Crippen LogP contribution in [0.3, 0.4) is 0 Å². The Hall–Kier alpha value is -3.19. The summed E-state index contributed by atoms with van der Waals surface area (Å²) < 4.78 is 29.0. The summed E-state index contributed by atoms with van der Waals surface area (Å²) in [5.41, 5.74) is 2.23. The Balaban J connectivity index is 1.71. The molecule has 0 spiro atoms. The van der Waals surface area contributed by atoms with Gasteiger partial charge in [0.25, 0.3) is 5.56 Å². The number of anilines is 1. The summed E-state index contributed by atoms with van der Waals surface area (Å²) in [5.74, 6) is -0.743. The zero-order valence-electron chi connectivity index (χ0n) is 18.3. The molecule has 4 rings (SSSR count). The summed E-state index contributed by atoms with van der Waals surface area (Å²) in [7, 11) is 0. The van der Waals surface area contributed by atoms with Crippen LogP contribution < -0.4 is 10.5 Å². The van der Waals surface area contributed by atoms with Crippen molar-refractivity contribution in [2.24, 2.45) is 0 Å². The number of nitrogens with zero attached hydrogens (tertiary/aromatic N) is 3.